The number of aryl methyl sites for hydroxylation is 3. The van der Waals surface area contributed by atoms with Gasteiger partial charge in [-0.25, -0.2) is 9.67 Å². The van der Waals surface area contributed by atoms with Crippen molar-refractivity contribution >= 4 is 5.97 Å². The summed E-state index contributed by atoms with van der Waals surface area (Å²) in [5.41, 5.74) is -0.843. The van der Waals surface area contributed by atoms with Crippen LogP contribution in [0.25, 0.3) is 0 Å². The van der Waals surface area contributed by atoms with E-state index >= 15 is 0 Å². The van der Waals surface area contributed by atoms with Gasteiger partial charge in [-0.3, -0.25) is 4.79 Å². The van der Waals surface area contributed by atoms with Gasteiger partial charge in [0, 0.05) is 19.4 Å². The molecule has 6 nitrogen and oxygen atoms in total. The Kier molecular flexibility index (Phi) is 6.13. The lowest BCUT2D eigenvalue weighted by molar-refractivity contribution is -0.144. The smallest absolute Gasteiger partial charge is 0.323 e. The van der Waals surface area contributed by atoms with E-state index in [9.17, 15) is 9.90 Å². The minimum absolute atomic E-state index is 0.607. The number of unbranched alkanes of at least 4 members (excludes halogenated alkanes) is 1. The summed E-state index contributed by atoms with van der Waals surface area (Å²) in [4.78, 5) is 15.6. The number of nitrogens with one attached hydrogen (secondary N) is 1. The van der Waals surface area contributed by atoms with E-state index in [1.54, 1.807) is 14.0 Å². The second-order valence-electron chi connectivity index (χ2n) is 5.22. The van der Waals surface area contributed by atoms with Gasteiger partial charge in [-0.2, -0.15) is 5.10 Å². The maximum absolute atomic E-state index is 11.2. The SMILES string of the molecule is CCc1nc(CC)n(CCCCC(C)(NC)C(=O)O)n1. The predicted octanol–water partition coefficient (Wildman–Crippen LogP) is 1.64. The summed E-state index contributed by atoms with van der Waals surface area (Å²) in [6, 6.07) is 0. The van der Waals surface area contributed by atoms with Crippen molar-refractivity contribution in [2.45, 2.75) is 65.0 Å². The zero-order valence-electron chi connectivity index (χ0n) is 12.9. The molecule has 1 rings (SSSR count). The zero-order valence-corrected chi connectivity index (χ0v) is 12.9. The van der Waals surface area contributed by atoms with Crippen LogP contribution in [-0.2, 0) is 24.2 Å². The molecule has 20 heavy (non-hydrogen) atoms. The van der Waals surface area contributed by atoms with Crippen LogP contribution in [0.4, 0.5) is 0 Å². The Labute approximate surface area is 120 Å². The van der Waals surface area contributed by atoms with Crippen molar-refractivity contribution in [1.82, 2.24) is 20.1 Å². The van der Waals surface area contributed by atoms with Crippen molar-refractivity contribution in [3.8, 4) is 0 Å². The van der Waals surface area contributed by atoms with E-state index in [2.05, 4.69) is 22.3 Å². The molecule has 1 atom stereocenters. The van der Waals surface area contributed by atoms with E-state index < -0.39 is 11.5 Å². The Balaban J connectivity index is 2.48. The lowest BCUT2D eigenvalue weighted by atomic mass is 9.95. The standard InChI is InChI=1S/C14H26N4O2/c1-5-11-16-12(6-2)18(17-11)10-8-7-9-14(3,15-4)13(19)20/h15H,5-10H2,1-4H3,(H,19,20). The summed E-state index contributed by atoms with van der Waals surface area (Å²) in [6.45, 7) is 6.64. The van der Waals surface area contributed by atoms with Crippen LogP contribution < -0.4 is 5.32 Å². The van der Waals surface area contributed by atoms with Gasteiger partial charge in [-0.1, -0.05) is 13.8 Å². The van der Waals surface area contributed by atoms with Gasteiger partial charge in [-0.15, -0.1) is 0 Å². The molecule has 0 amide bonds. The molecule has 1 heterocycles. The number of hydrogen-bond acceptors (Lipinski definition) is 4. The van der Waals surface area contributed by atoms with Crippen LogP contribution in [-0.4, -0.2) is 38.4 Å². The topological polar surface area (TPSA) is 80.0 Å². The quantitative estimate of drug-likeness (QED) is 0.673. The summed E-state index contributed by atoms with van der Waals surface area (Å²) in [5, 5.41) is 16.5. The summed E-state index contributed by atoms with van der Waals surface area (Å²) in [5.74, 6) is 1.09. The summed E-state index contributed by atoms with van der Waals surface area (Å²) < 4.78 is 1.95. The Morgan fingerprint density at radius 3 is 2.55 bits per heavy atom. The second kappa shape index (κ2) is 7.38. The van der Waals surface area contributed by atoms with Crippen molar-refractivity contribution in [3.05, 3.63) is 11.6 Å². The lowest BCUT2D eigenvalue weighted by Crippen LogP contribution is -2.47. The molecule has 1 unspecified atom stereocenters. The normalized spacial score (nSPS) is 14.2. The van der Waals surface area contributed by atoms with Crippen LogP contribution in [0.2, 0.25) is 0 Å². The largest absolute Gasteiger partial charge is 0.480 e. The van der Waals surface area contributed by atoms with Crippen molar-refractivity contribution in [2.75, 3.05) is 7.05 Å². The minimum atomic E-state index is -0.843. The zero-order chi connectivity index (χ0) is 15.2. The third-order valence-corrected chi connectivity index (χ3v) is 3.75. The molecule has 0 bridgehead atoms. The average molecular weight is 282 g/mol. The van der Waals surface area contributed by atoms with Gasteiger partial charge >= 0.3 is 5.97 Å². The molecular weight excluding hydrogens is 256 g/mol. The molecule has 2 N–H and O–H groups in total. The number of carboxylic acid groups (broad SMARTS) is 1. The lowest BCUT2D eigenvalue weighted by Gasteiger charge is -2.23. The van der Waals surface area contributed by atoms with E-state index in [-0.39, 0.29) is 0 Å². The van der Waals surface area contributed by atoms with Gasteiger partial charge < -0.3 is 10.4 Å². The van der Waals surface area contributed by atoms with Crippen molar-refractivity contribution in [2.24, 2.45) is 0 Å². The molecule has 1 aromatic heterocycles. The monoisotopic (exact) mass is 282 g/mol. The van der Waals surface area contributed by atoms with Crippen LogP contribution in [0.1, 0.15) is 51.7 Å². The average Bonchev–Trinajstić information content (AvgIpc) is 2.85. The van der Waals surface area contributed by atoms with E-state index in [4.69, 9.17) is 0 Å². The first-order valence-corrected chi connectivity index (χ1v) is 7.31. The number of hydrogen-bond donors (Lipinski definition) is 2. The van der Waals surface area contributed by atoms with E-state index in [1.807, 2.05) is 11.6 Å². The number of nitrogens with zero attached hydrogens (tertiary/aromatic N) is 3. The number of aliphatic carboxylic acids is 1. The van der Waals surface area contributed by atoms with E-state index in [1.165, 1.54) is 0 Å². The fourth-order valence-corrected chi connectivity index (χ4v) is 2.10. The fourth-order valence-electron chi connectivity index (χ4n) is 2.10. The molecule has 0 saturated carbocycles. The first kappa shape index (κ1) is 16.6. The molecule has 0 radical (unpaired) electrons. The molecule has 0 aliphatic carbocycles. The maximum Gasteiger partial charge on any atom is 0.323 e. The van der Waals surface area contributed by atoms with Crippen molar-refractivity contribution < 1.29 is 9.90 Å². The van der Waals surface area contributed by atoms with Gasteiger partial charge in [0.2, 0.25) is 0 Å². The first-order chi connectivity index (χ1) is 9.46. The Bertz CT molecular complexity index is 444. The fraction of sp³-hybridized carbons (Fsp3) is 0.786. The molecule has 0 spiro atoms. The molecule has 0 aliphatic heterocycles. The number of carboxylic acids is 1. The maximum atomic E-state index is 11.2. The second-order valence-corrected chi connectivity index (χ2v) is 5.22. The van der Waals surface area contributed by atoms with Crippen LogP contribution in [0.3, 0.4) is 0 Å². The number of carbonyl (C=O) groups is 1. The van der Waals surface area contributed by atoms with Crippen LogP contribution in [0.15, 0.2) is 0 Å². The van der Waals surface area contributed by atoms with Gasteiger partial charge in [0.25, 0.3) is 0 Å². The molecule has 0 aromatic carbocycles. The number of likely N-dealkylation sites (N-methyl/N-ethyl adjacent to an activating group) is 1. The molecule has 1 aromatic rings. The predicted molar refractivity (Wildman–Crippen MR) is 77.7 cm³/mol. The number of rotatable bonds is 9. The van der Waals surface area contributed by atoms with Gasteiger partial charge in [-0.05, 0) is 33.2 Å². The minimum Gasteiger partial charge on any atom is -0.480 e. The highest BCUT2D eigenvalue weighted by Gasteiger charge is 2.30. The molecule has 114 valence electrons. The molecule has 0 aliphatic rings. The highest BCUT2D eigenvalue weighted by molar-refractivity contribution is 5.78. The van der Waals surface area contributed by atoms with Gasteiger partial charge in [0.15, 0.2) is 5.82 Å². The van der Waals surface area contributed by atoms with E-state index in [0.29, 0.717) is 6.42 Å². The Morgan fingerprint density at radius 1 is 1.35 bits per heavy atom. The molecule has 6 heteroatoms. The van der Waals surface area contributed by atoms with Crippen LogP contribution in [0.5, 0.6) is 0 Å². The number of aromatic nitrogens is 3. The van der Waals surface area contributed by atoms with Gasteiger partial charge in [0.1, 0.15) is 11.4 Å². The summed E-state index contributed by atoms with van der Waals surface area (Å²) >= 11 is 0. The van der Waals surface area contributed by atoms with Gasteiger partial charge in [0.05, 0.1) is 0 Å². The highest BCUT2D eigenvalue weighted by atomic mass is 16.4. The highest BCUT2D eigenvalue weighted by Crippen LogP contribution is 2.14. The molecule has 0 fully saturated rings. The van der Waals surface area contributed by atoms with Crippen molar-refractivity contribution in [3.63, 3.8) is 0 Å². The summed E-state index contributed by atoms with van der Waals surface area (Å²) in [7, 11) is 1.69. The third-order valence-electron chi connectivity index (χ3n) is 3.75. The van der Waals surface area contributed by atoms with Crippen molar-refractivity contribution in [1.29, 1.82) is 0 Å². The summed E-state index contributed by atoms with van der Waals surface area (Å²) in [6.07, 6.45) is 4.07. The van der Waals surface area contributed by atoms with Crippen LogP contribution >= 0.6 is 0 Å². The Morgan fingerprint density at radius 2 is 2.05 bits per heavy atom. The first-order valence-electron chi connectivity index (χ1n) is 7.31. The van der Waals surface area contributed by atoms with E-state index in [0.717, 1.165) is 43.9 Å². The third kappa shape index (κ3) is 4.03. The Hall–Kier alpha value is -1.43. The molecule has 0 saturated heterocycles. The molecular formula is C14H26N4O2. The van der Waals surface area contributed by atoms with Crippen LogP contribution in [0, 0.1) is 0 Å².